The van der Waals surface area contributed by atoms with E-state index in [1.807, 2.05) is 25.1 Å². The lowest BCUT2D eigenvalue weighted by Crippen LogP contribution is -2.24. The van der Waals surface area contributed by atoms with E-state index in [9.17, 15) is 4.79 Å². The number of ether oxygens (including phenoxy) is 1. The van der Waals surface area contributed by atoms with Crippen molar-refractivity contribution in [1.82, 2.24) is 5.32 Å². The monoisotopic (exact) mass is 304 g/mol. The van der Waals surface area contributed by atoms with E-state index in [1.54, 1.807) is 0 Å². The number of carbonyl (C=O) groups excluding carboxylic acids is 1. The zero-order valence-corrected chi connectivity index (χ0v) is 13.8. The van der Waals surface area contributed by atoms with Gasteiger partial charge in [-0.15, -0.1) is 0 Å². The van der Waals surface area contributed by atoms with Crippen molar-refractivity contribution in [2.45, 2.75) is 58.5 Å². The molecule has 1 aliphatic rings. The summed E-state index contributed by atoms with van der Waals surface area (Å²) in [5.41, 5.74) is 2.91. The molecule has 4 nitrogen and oxygen atoms in total. The molecule has 0 saturated heterocycles. The summed E-state index contributed by atoms with van der Waals surface area (Å²) in [4.78, 5) is 11.9. The van der Waals surface area contributed by atoms with Crippen molar-refractivity contribution in [3.8, 4) is 0 Å². The Labute approximate surface area is 133 Å². The first kappa shape index (κ1) is 16.8. The van der Waals surface area contributed by atoms with Gasteiger partial charge in [-0.1, -0.05) is 26.2 Å². The zero-order chi connectivity index (χ0) is 15.8. The molecule has 122 valence electrons. The number of anilines is 1. The highest BCUT2D eigenvalue weighted by Gasteiger charge is 2.16. The number of rotatable bonds is 7. The van der Waals surface area contributed by atoms with Gasteiger partial charge in [0.25, 0.3) is 0 Å². The Hall–Kier alpha value is -1.55. The molecule has 0 bridgehead atoms. The van der Waals surface area contributed by atoms with Crippen LogP contribution in [0.2, 0.25) is 0 Å². The summed E-state index contributed by atoms with van der Waals surface area (Å²) in [5.74, 6) is -0.246. The smallest absolute Gasteiger partial charge is 0.338 e. The van der Waals surface area contributed by atoms with E-state index in [-0.39, 0.29) is 5.97 Å². The normalized spacial score (nSPS) is 15.5. The molecule has 0 aliphatic heterocycles. The summed E-state index contributed by atoms with van der Waals surface area (Å²) in [5, 5.41) is 7.01. The van der Waals surface area contributed by atoms with Crippen LogP contribution in [0.25, 0.3) is 0 Å². The second kappa shape index (κ2) is 8.79. The molecule has 0 amide bonds. The molecule has 4 heteroatoms. The van der Waals surface area contributed by atoms with Crippen LogP contribution in [0.3, 0.4) is 0 Å². The second-order valence-corrected chi connectivity index (χ2v) is 5.85. The zero-order valence-electron chi connectivity index (χ0n) is 13.8. The second-order valence-electron chi connectivity index (χ2n) is 5.85. The SMILES string of the molecule is CCNCc1cc(C(=O)OCC)ccc1NC1CCCCC1. The molecule has 0 spiro atoms. The highest BCUT2D eigenvalue weighted by Crippen LogP contribution is 2.25. The number of esters is 1. The molecule has 2 N–H and O–H groups in total. The quantitative estimate of drug-likeness (QED) is 0.754. The van der Waals surface area contributed by atoms with Crippen LogP contribution in [0.5, 0.6) is 0 Å². The summed E-state index contributed by atoms with van der Waals surface area (Å²) < 4.78 is 5.10. The lowest BCUT2D eigenvalue weighted by atomic mass is 9.95. The van der Waals surface area contributed by atoms with E-state index in [1.165, 1.54) is 32.1 Å². The van der Waals surface area contributed by atoms with Crippen molar-refractivity contribution in [2.24, 2.45) is 0 Å². The molecule has 22 heavy (non-hydrogen) atoms. The maximum Gasteiger partial charge on any atom is 0.338 e. The van der Waals surface area contributed by atoms with Crippen LogP contribution in [0.15, 0.2) is 18.2 Å². The molecule has 2 rings (SSSR count). The van der Waals surface area contributed by atoms with Gasteiger partial charge in [-0.05, 0) is 50.1 Å². The minimum atomic E-state index is -0.246. The fourth-order valence-corrected chi connectivity index (χ4v) is 2.95. The van der Waals surface area contributed by atoms with E-state index in [0.717, 1.165) is 24.3 Å². The third kappa shape index (κ3) is 4.73. The number of hydrogen-bond donors (Lipinski definition) is 2. The highest BCUT2D eigenvalue weighted by atomic mass is 16.5. The summed E-state index contributed by atoms with van der Waals surface area (Å²) in [6, 6.07) is 6.39. The average molecular weight is 304 g/mol. The molecule has 0 unspecified atom stereocenters. The maximum atomic E-state index is 11.9. The van der Waals surface area contributed by atoms with Crippen molar-refractivity contribution in [3.05, 3.63) is 29.3 Å². The van der Waals surface area contributed by atoms with Crippen molar-refractivity contribution >= 4 is 11.7 Å². The van der Waals surface area contributed by atoms with Gasteiger partial charge in [0.2, 0.25) is 0 Å². The van der Waals surface area contributed by atoms with E-state index in [2.05, 4.69) is 17.6 Å². The van der Waals surface area contributed by atoms with Crippen LogP contribution in [-0.4, -0.2) is 25.2 Å². The largest absolute Gasteiger partial charge is 0.462 e. The molecule has 0 radical (unpaired) electrons. The topological polar surface area (TPSA) is 50.4 Å². The van der Waals surface area contributed by atoms with Crippen molar-refractivity contribution in [1.29, 1.82) is 0 Å². The number of carbonyl (C=O) groups is 1. The van der Waals surface area contributed by atoms with E-state index < -0.39 is 0 Å². The van der Waals surface area contributed by atoms with Gasteiger partial charge >= 0.3 is 5.97 Å². The van der Waals surface area contributed by atoms with Crippen LogP contribution < -0.4 is 10.6 Å². The minimum Gasteiger partial charge on any atom is -0.462 e. The van der Waals surface area contributed by atoms with Gasteiger partial charge in [0.15, 0.2) is 0 Å². The summed E-state index contributed by atoms with van der Waals surface area (Å²) in [7, 11) is 0. The number of hydrogen-bond acceptors (Lipinski definition) is 4. The third-order valence-electron chi connectivity index (χ3n) is 4.15. The van der Waals surface area contributed by atoms with E-state index in [0.29, 0.717) is 18.2 Å². The number of nitrogens with one attached hydrogen (secondary N) is 2. The molecule has 1 aliphatic carbocycles. The van der Waals surface area contributed by atoms with E-state index in [4.69, 9.17) is 4.74 Å². The van der Waals surface area contributed by atoms with Crippen LogP contribution in [0.1, 0.15) is 61.9 Å². The van der Waals surface area contributed by atoms with Gasteiger partial charge in [0, 0.05) is 18.3 Å². The predicted molar refractivity (Wildman–Crippen MR) is 90.3 cm³/mol. The fraction of sp³-hybridized carbons (Fsp3) is 0.611. The molecular formula is C18H28N2O2. The summed E-state index contributed by atoms with van der Waals surface area (Å²) in [6.07, 6.45) is 6.44. The Morgan fingerprint density at radius 1 is 1.23 bits per heavy atom. The first-order valence-corrected chi connectivity index (χ1v) is 8.52. The van der Waals surface area contributed by atoms with Crippen LogP contribution in [0.4, 0.5) is 5.69 Å². The van der Waals surface area contributed by atoms with E-state index >= 15 is 0 Å². The molecule has 0 aromatic heterocycles. The predicted octanol–water partition coefficient (Wildman–Crippen LogP) is 3.72. The molecule has 1 saturated carbocycles. The first-order valence-electron chi connectivity index (χ1n) is 8.52. The molecule has 0 atom stereocenters. The van der Waals surface area contributed by atoms with Gasteiger partial charge in [0.1, 0.15) is 0 Å². The van der Waals surface area contributed by atoms with Crippen LogP contribution in [0, 0.1) is 0 Å². The van der Waals surface area contributed by atoms with Gasteiger partial charge in [-0.3, -0.25) is 0 Å². The lowest BCUT2D eigenvalue weighted by Gasteiger charge is -2.25. The Balaban J connectivity index is 2.13. The summed E-state index contributed by atoms with van der Waals surface area (Å²) >= 11 is 0. The Morgan fingerprint density at radius 2 is 2.00 bits per heavy atom. The molecule has 1 fully saturated rings. The van der Waals surface area contributed by atoms with Crippen molar-refractivity contribution in [3.63, 3.8) is 0 Å². The maximum absolute atomic E-state index is 11.9. The Kier molecular flexibility index (Phi) is 6.72. The van der Waals surface area contributed by atoms with Gasteiger partial charge < -0.3 is 15.4 Å². The van der Waals surface area contributed by atoms with Crippen LogP contribution in [-0.2, 0) is 11.3 Å². The average Bonchev–Trinajstić information content (AvgIpc) is 2.55. The standard InChI is InChI=1S/C18H28N2O2/c1-3-19-13-15-12-14(18(21)22-4-2)10-11-17(15)20-16-8-6-5-7-9-16/h10-12,16,19-20H,3-9,13H2,1-2H3. The Bertz CT molecular complexity index is 482. The first-order chi connectivity index (χ1) is 10.7. The highest BCUT2D eigenvalue weighted by molar-refractivity contribution is 5.90. The summed E-state index contributed by atoms with van der Waals surface area (Å²) in [6.45, 7) is 5.99. The fourth-order valence-electron chi connectivity index (χ4n) is 2.95. The number of benzene rings is 1. The molecule has 1 aromatic rings. The third-order valence-corrected chi connectivity index (χ3v) is 4.15. The minimum absolute atomic E-state index is 0.246. The van der Waals surface area contributed by atoms with Gasteiger partial charge in [-0.2, -0.15) is 0 Å². The lowest BCUT2D eigenvalue weighted by molar-refractivity contribution is 0.0526. The van der Waals surface area contributed by atoms with Crippen LogP contribution >= 0.6 is 0 Å². The molecule has 1 aromatic carbocycles. The van der Waals surface area contributed by atoms with Gasteiger partial charge in [-0.25, -0.2) is 4.79 Å². The molecule has 0 heterocycles. The van der Waals surface area contributed by atoms with Crippen molar-refractivity contribution in [2.75, 3.05) is 18.5 Å². The van der Waals surface area contributed by atoms with Crippen molar-refractivity contribution < 1.29 is 9.53 Å². The van der Waals surface area contributed by atoms with Gasteiger partial charge in [0.05, 0.1) is 12.2 Å². The Morgan fingerprint density at radius 3 is 2.68 bits per heavy atom. The molecular weight excluding hydrogens is 276 g/mol.